The van der Waals surface area contributed by atoms with Crippen molar-refractivity contribution in [3.63, 3.8) is 0 Å². The van der Waals surface area contributed by atoms with Crippen LogP contribution in [0.2, 0.25) is 0 Å². The summed E-state index contributed by atoms with van der Waals surface area (Å²) in [6, 6.07) is 0. The van der Waals surface area contributed by atoms with Crippen LogP contribution < -0.4 is 0 Å². The number of hydrogen-bond acceptors (Lipinski definition) is 7. The molecule has 3 aliphatic rings. The molecular formula is C12H11F4O7S-. The number of hydrogen-bond donors (Lipinski definition) is 0. The second kappa shape index (κ2) is 5.63. The summed E-state index contributed by atoms with van der Waals surface area (Å²) in [7, 11) is 0. The first-order valence-electron chi connectivity index (χ1n) is 6.94. The zero-order valence-corrected chi connectivity index (χ0v) is 12.6. The van der Waals surface area contributed by atoms with Crippen LogP contribution in [0.15, 0.2) is 0 Å². The van der Waals surface area contributed by atoms with Gasteiger partial charge in [-0.1, -0.05) is 0 Å². The van der Waals surface area contributed by atoms with Crippen molar-refractivity contribution in [2.24, 2.45) is 11.8 Å². The molecule has 136 valence electrons. The molecule has 0 spiro atoms. The van der Waals surface area contributed by atoms with E-state index in [0.717, 1.165) is 0 Å². The van der Waals surface area contributed by atoms with Gasteiger partial charge < -0.3 is 18.8 Å². The summed E-state index contributed by atoms with van der Waals surface area (Å²) in [5.74, 6) is -7.87. The molecule has 3 saturated heterocycles. The Hall–Kier alpha value is -1.27. The highest BCUT2D eigenvalue weighted by Crippen LogP contribution is 2.49. The average molecular weight is 375 g/mol. The van der Waals surface area contributed by atoms with E-state index in [9.17, 15) is 35.9 Å². The van der Waals surface area contributed by atoms with E-state index in [1.54, 1.807) is 0 Å². The maximum absolute atomic E-state index is 13.2. The third-order valence-electron chi connectivity index (χ3n) is 4.42. The molecule has 2 bridgehead atoms. The van der Waals surface area contributed by atoms with Gasteiger partial charge in [0.1, 0.15) is 18.1 Å². The zero-order valence-electron chi connectivity index (χ0n) is 11.8. The van der Waals surface area contributed by atoms with E-state index in [2.05, 4.69) is 4.74 Å². The number of alkyl halides is 4. The molecule has 0 saturated carbocycles. The number of carbonyl (C=O) groups excluding carboxylic acids is 2. The molecular weight excluding hydrogens is 364 g/mol. The maximum Gasteiger partial charge on any atom is 0.371 e. The summed E-state index contributed by atoms with van der Waals surface area (Å²) < 4.78 is 87.4. The summed E-state index contributed by atoms with van der Waals surface area (Å²) >= 11 is -4.32. The number of fused-ring (bicyclic) bond motifs is 1. The van der Waals surface area contributed by atoms with E-state index < -0.39 is 77.4 Å². The fraction of sp³-hybridized carbons (Fsp3) is 0.833. The molecule has 3 aliphatic heterocycles. The molecule has 3 fully saturated rings. The van der Waals surface area contributed by atoms with Crippen molar-refractivity contribution in [1.82, 2.24) is 0 Å². The van der Waals surface area contributed by atoms with E-state index in [1.165, 1.54) is 0 Å². The van der Waals surface area contributed by atoms with Gasteiger partial charge in [0, 0.05) is 11.1 Å². The van der Waals surface area contributed by atoms with E-state index in [4.69, 9.17) is 9.47 Å². The quantitative estimate of drug-likeness (QED) is 0.375. The van der Waals surface area contributed by atoms with Crippen LogP contribution >= 0.6 is 0 Å². The van der Waals surface area contributed by atoms with E-state index in [-0.39, 0.29) is 6.42 Å². The van der Waals surface area contributed by atoms with Gasteiger partial charge in [-0.25, -0.2) is 0 Å². The standard InChI is InChI=1S/C12H12F4O7S/c13-11(14,12(15,16)24(19)20)1-2-21-10(18)6-5-3-4-7(22-5)8(6)23-9(4)17/h4-8H,1-3H2,(H,19,20)/p-1. The smallest absolute Gasteiger partial charge is 0.371 e. The lowest BCUT2D eigenvalue weighted by atomic mass is 9.82. The lowest BCUT2D eigenvalue weighted by molar-refractivity contribution is -0.175. The van der Waals surface area contributed by atoms with Gasteiger partial charge in [-0.3, -0.25) is 13.8 Å². The topological polar surface area (TPSA) is 102 Å². The van der Waals surface area contributed by atoms with Gasteiger partial charge in [0.25, 0.3) is 0 Å². The summed E-state index contributed by atoms with van der Waals surface area (Å²) in [5, 5.41) is -5.27. The van der Waals surface area contributed by atoms with Gasteiger partial charge in [0.05, 0.1) is 25.0 Å². The van der Waals surface area contributed by atoms with Crippen LogP contribution in [0.3, 0.4) is 0 Å². The normalized spacial score (nSPS) is 35.9. The van der Waals surface area contributed by atoms with Gasteiger partial charge in [0.15, 0.2) is 0 Å². The summed E-state index contributed by atoms with van der Waals surface area (Å²) in [4.78, 5) is 23.4. The molecule has 0 aliphatic carbocycles. The third kappa shape index (κ3) is 2.51. The third-order valence-corrected chi connectivity index (χ3v) is 5.13. The molecule has 0 aromatic rings. The molecule has 7 nitrogen and oxygen atoms in total. The van der Waals surface area contributed by atoms with Crippen LogP contribution in [0.1, 0.15) is 12.8 Å². The highest BCUT2D eigenvalue weighted by Gasteiger charge is 2.66. The van der Waals surface area contributed by atoms with Crippen LogP contribution in [-0.4, -0.2) is 56.8 Å². The minimum atomic E-state index is -5.27. The van der Waals surface area contributed by atoms with Crippen LogP contribution in [0.4, 0.5) is 17.6 Å². The predicted molar refractivity (Wildman–Crippen MR) is 64.5 cm³/mol. The Kier molecular flexibility index (Phi) is 4.12. The molecule has 3 heterocycles. The highest BCUT2D eigenvalue weighted by atomic mass is 32.2. The molecule has 0 aromatic heterocycles. The molecule has 0 N–H and O–H groups in total. The van der Waals surface area contributed by atoms with Gasteiger partial charge in [-0.2, -0.15) is 17.6 Å². The largest absolute Gasteiger partial charge is 0.768 e. The molecule has 0 aromatic carbocycles. The van der Waals surface area contributed by atoms with E-state index >= 15 is 0 Å². The fourth-order valence-corrected chi connectivity index (χ4v) is 3.56. The molecule has 24 heavy (non-hydrogen) atoms. The zero-order chi connectivity index (χ0) is 17.9. The van der Waals surface area contributed by atoms with E-state index in [1.807, 2.05) is 0 Å². The second-order valence-electron chi connectivity index (χ2n) is 5.78. The first-order chi connectivity index (χ1) is 11.1. The molecule has 12 heteroatoms. The lowest BCUT2D eigenvalue weighted by Crippen LogP contribution is -2.45. The minimum absolute atomic E-state index is 0.239. The minimum Gasteiger partial charge on any atom is -0.768 e. The summed E-state index contributed by atoms with van der Waals surface area (Å²) in [5.41, 5.74) is 0. The van der Waals surface area contributed by atoms with Gasteiger partial charge in [-0.15, -0.1) is 0 Å². The molecule has 0 amide bonds. The number of carbonyl (C=O) groups is 2. The van der Waals surface area contributed by atoms with Crippen molar-refractivity contribution in [1.29, 1.82) is 0 Å². The second-order valence-corrected chi connectivity index (χ2v) is 6.76. The number of esters is 2. The van der Waals surface area contributed by atoms with Crippen LogP contribution in [0.25, 0.3) is 0 Å². The Labute approximate surface area is 134 Å². The number of halogens is 4. The van der Waals surface area contributed by atoms with Gasteiger partial charge >= 0.3 is 23.1 Å². The Bertz CT molecular complexity index is 598. The highest BCUT2D eigenvalue weighted by molar-refractivity contribution is 7.80. The van der Waals surface area contributed by atoms with Crippen molar-refractivity contribution in [3.05, 3.63) is 0 Å². The van der Waals surface area contributed by atoms with Crippen molar-refractivity contribution in [2.75, 3.05) is 6.61 Å². The maximum atomic E-state index is 13.2. The summed E-state index contributed by atoms with van der Waals surface area (Å²) in [6.45, 7) is -1.11. The first kappa shape index (κ1) is 17.5. The van der Waals surface area contributed by atoms with Crippen molar-refractivity contribution in [3.8, 4) is 0 Å². The van der Waals surface area contributed by atoms with Crippen LogP contribution in [0, 0.1) is 11.8 Å². The predicted octanol–water partition coefficient (Wildman–Crippen LogP) is 0.356. The SMILES string of the molecule is O=C1OC2C3OC(CC13)C2C(=O)OCCC(F)(F)C(F)(F)S(=O)[O-]. The Morgan fingerprint density at radius 2 is 2.00 bits per heavy atom. The Balaban J connectivity index is 1.56. The first-order valence-corrected chi connectivity index (χ1v) is 8.01. The molecule has 0 radical (unpaired) electrons. The van der Waals surface area contributed by atoms with Gasteiger partial charge in [0.2, 0.25) is 0 Å². The monoisotopic (exact) mass is 375 g/mol. The summed E-state index contributed by atoms with van der Waals surface area (Å²) in [6.07, 6.45) is -3.55. The fourth-order valence-electron chi connectivity index (χ4n) is 3.21. The average Bonchev–Trinajstić information content (AvgIpc) is 3.08. The van der Waals surface area contributed by atoms with Crippen LogP contribution in [0.5, 0.6) is 0 Å². The molecule has 3 rings (SSSR count). The molecule has 6 unspecified atom stereocenters. The Morgan fingerprint density at radius 1 is 1.33 bits per heavy atom. The van der Waals surface area contributed by atoms with E-state index in [0.29, 0.717) is 0 Å². The Morgan fingerprint density at radius 3 is 2.62 bits per heavy atom. The van der Waals surface area contributed by atoms with Crippen molar-refractivity contribution >= 4 is 23.0 Å². The lowest BCUT2D eigenvalue weighted by Gasteiger charge is -2.28. The van der Waals surface area contributed by atoms with Crippen molar-refractivity contribution < 1.29 is 50.1 Å². The van der Waals surface area contributed by atoms with Gasteiger partial charge in [-0.05, 0) is 6.42 Å². The number of rotatable bonds is 6. The molecule has 6 atom stereocenters. The van der Waals surface area contributed by atoms with Crippen LogP contribution in [-0.2, 0) is 34.9 Å². The van der Waals surface area contributed by atoms with Crippen molar-refractivity contribution in [2.45, 2.75) is 42.3 Å². The number of ether oxygens (including phenoxy) is 3.